The van der Waals surface area contributed by atoms with Crippen molar-refractivity contribution < 1.29 is 9.90 Å². The smallest absolute Gasteiger partial charge is 0.255 e. The number of nitrogen functional groups attached to an aromatic ring is 1. The summed E-state index contributed by atoms with van der Waals surface area (Å²) in [6, 6.07) is 13.7. The molecule has 0 aromatic heterocycles. The van der Waals surface area contributed by atoms with E-state index in [4.69, 9.17) is 11.1 Å². The lowest BCUT2D eigenvalue weighted by molar-refractivity contribution is 0.102. The van der Waals surface area contributed by atoms with Crippen molar-refractivity contribution in [2.24, 2.45) is 5.73 Å². The number of rotatable bonds is 3. The zero-order valence-corrected chi connectivity index (χ0v) is 9.97. The molecule has 0 atom stereocenters. The van der Waals surface area contributed by atoms with Gasteiger partial charge in [0.25, 0.3) is 5.91 Å². The van der Waals surface area contributed by atoms with Gasteiger partial charge >= 0.3 is 0 Å². The number of hydrogen-bond donors (Lipinski definition) is 4. The molecule has 19 heavy (non-hydrogen) atoms. The number of carbonyl (C=O) groups is 1. The average Bonchev–Trinajstić information content (AvgIpc) is 2.39. The SMILES string of the molecule is N=C(N)c1cccc(C(=O)Nc2[c]c(O)ccc2)c1. The van der Waals surface area contributed by atoms with Crippen LogP contribution in [-0.2, 0) is 0 Å². The van der Waals surface area contributed by atoms with E-state index < -0.39 is 0 Å². The molecular formula is C14H12N3O2. The van der Waals surface area contributed by atoms with E-state index in [1.807, 2.05) is 0 Å². The van der Waals surface area contributed by atoms with Gasteiger partial charge in [-0.05, 0) is 24.3 Å². The standard InChI is InChI=1S/C14H12N3O2/c15-13(16)9-3-1-4-10(7-9)14(19)17-11-5-2-6-12(18)8-11/h1-7,18H,(H3,15,16)(H,17,19). The lowest BCUT2D eigenvalue weighted by Crippen LogP contribution is -2.15. The van der Waals surface area contributed by atoms with Crippen LogP contribution in [0.2, 0.25) is 0 Å². The molecule has 0 aliphatic carbocycles. The van der Waals surface area contributed by atoms with Crippen LogP contribution in [0.15, 0.2) is 42.5 Å². The third kappa shape index (κ3) is 3.10. The minimum absolute atomic E-state index is 0.0460. The average molecular weight is 254 g/mol. The maximum Gasteiger partial charge on any atom is 0.255 e. The highest BCUT2D eigenvalue weighted by molar-refractivity contribution is 6.06. The van der Waals surface area contributed by atoms with Crippen molar-refractivity contribution in [3.63, 3.8) is 0 Å². The summed E-state index contributed by atoms with van der Waals surface area (Å²) >= 11 is 0. The van der Waals surface area contributed by atoms with Gasteiger partial charge in [0.05, 0.1) is 11.8 Å². The molecule has 2 rings (SSSR count). The molecule has 0 aliphatic rings. The van der Waals surface area contributed by atoms with E-state index in [1.54, 1.807) is 30.3 Å². The molecule has 95 valence electrons. The molecule has 2 aromatic rings. The minimum atomic E-state index is -0.357. The molecular weight excluding hydrogens is 242 g/mol. The first-order valence-corrected chi connectivity index (χ1v) is 5.53. The van der Waals surface area contributed by atoms with E-state index in [9.17, 15) is 9.90 Å². The summed E-state index contributed by atoms with van der Waals surface area (Å²) in [4.78, 5) is 12.0. The molecule has 5 nitrogen and oxygen atoms in total. The Kier molecular flexibility index (Phi) is 3.47. The van der Waals surface area contributed by atoms with Crippen LogP contribution < -0.4 is 11.1 Å². The van der Waals surface area contributed by atoms with E-state index in [-0.39, 0.29) is 17.5 Å². The summed E-state index contributed by atoms with van der Waals surface area (Å²) in [7, 11) is 0. The van der Waals surface area contributed by atoms with Gasteiger partial charge in [-0.15, -0.1) is 0 Å². The summed E-state index contributed by atoms with van der Waals surface area (Å²) in [6.45, 7) is 0. The molecule has 0 fully saturated rings. The molecule has 5 heteroatoms. The van der Waals surface area contributed by atoms with Crippen LogP contribution in [0.1, 0.15) is 15.9 Å². The number of benzene rings is 2. The van der Waals surface area contributed by atoms with Crippen LogP contribution in [0.25, 0.3) is 0 Å². The number of amides is 1. The molecule has 0 saturated carbocycles. The van der Waals surface area contributed by atoms with Crippen LogP contribution in [0, 0.1) is 11.5 Å². The lowest BCUT2D eigenvalue weighted by atomic mass is 10.1. The van der Waals surface area contributed by atoms with Gasteiger partial charge in [-0.25, -0.2) is 0 Å². The maximum atomic E-state index is 12.0. The van der Waals surface area contributed by atoms with Gasteiger partial charge in [-0.2, -0.15) is 0 Å². The van der Waals surface area contributed by atoms with E-state index >= 15 is 0 Å². The number of hydrogen-bond acceptors (Lipinski definition) is 3. The van der Waals surface area contributed by atoms with Crippen LogP contribution in [0.5, 0.6) is 5.75 Å². The first-order chi connectivity index (χ1) is 9.06. The molecule has 0 aliphatic heterocycles. The second kappa shape index (κ2) is 5.22. The Balaban J connectivity index is 2.20. The zero-order chi connectivity index (χ0) is 13.8. The first kappa shape index (κ1) is 12.6. The number of phenols is 1. The fraction of sp³-hybridized carbons (Fsp3) is 0. The van der Waals surface area contributed by atoms with Gasteiger partial charge in [-0.3, -0.25) is 10.2 Å². The zero-order valence-electron chi connectivity index (χ0n) is 9.97. The summed E-state index contributed by atoms with van der Waals surface area (Å²) in [5, 5.41) is 19.2. The van der Waals surface area contributed by atoms with Gasteiger partial charge in [0, 0.05) is 11.1 Å². The minimum Gasteiger partial charge on any atom is -0.507 e. The van der Waals surface area contributed by atoms with Crippen LogP contribution in [-0.4, -0.2) is 16.8 Å². The van der Waals surface area contributed by atoms with Crippen molar-refractivity contribution in [2.75, 3.05) is 5.32 Å². The van der Waals surface area contributed by atoms with Gasteiger partial charge < -0.3 is 16.2 Å². The number of anilines is 1. The monoisotopic (exact) mass is 254 g/mol. The summed E-state index contributed by atoms with van der Waals surface area (Å²) < 4.78 is 0. The fourth-order valence-electron chi connectivity index (χ4n) is 1.55. The highest BCUT2D eigenvalue weighted by atomic mass is 16.3. The Morgan fingerprint density at radius 3 is 2.58 bits per heavy atom. The quantitative estimate of drug-likeness (QED) is 0.495. The molecule has 2 aromatic carbocycles. The van der Waals surface area contributed by atoms with Gasteiger partial charge in [-0.1, -0.05) is 18.2 Å². The molecule has 5 N–H and O–H groups in total. The van der Waals surface area contributed by atoms with Crippen LogP contribution in [0.4, 0.5) is 5.69 Å². The largest absolute Gasteiger partial charge is 0.507 e. The van der Waals surface area contributed by atoms with Crippen molar-refractivity contribution in [3.05, 3.63) is 59.7 Å². The van der Waals surface area contributed by atoms with E-state index in [2.05, 4.69) is 11.4 Å². The number of nitrogens with one attached hydrogen (secondary N) is 2. The topological polar surface area (TPSA) is 99.2 Å². The number of carbonyl (C=O) groups excluding carboxylic acids is 1. The van der Waals surface area contributed by atoms with Crippen molar-refractivity contribution in [1.29, 1.82) is 5.41 Å². The van der Waals surface area contributed by atoms with Gasteiger partial charge in [0.15, 0.2) is 0 Å². The summed E-state index contributed by atoms with van der Waals surface area (Å²) in [5.74, 6) is -0.501. The Morgan fingerprint density at radius 2 is 1.89 bits per heavy atom. The first-order valence-electron chi connectivity index (χ1n) is 5.53. The molecule has 1 amide bonds. The van der Waals surface area contributed by atoms with Gasteiger partial charge in [0.1, 0.15) is 11.6 Å². The highest BCUT2D eigenvalue weighted by Crippen LogP contribution is 2.15. The normalized spacial score (nSPS) is 9.89. The Bertz CT molecular complexity index is 638. The Hall–Kier alpha value is -2.82. The fourth-order valence-corrected chi connectivity index (χ4v) is 1.55. The van der Waals surface area contributed by atoms with Crippen LogP contribution in [0.3, 0.4) is 0 Å². The number of amidine groups is 1. The number of phenolic OH excluding ortho intramolecular Hbond substituents is 1. The Labute approximate surface area is 110 Å². The third-order valence-electron chi connectivity index (χ3n) is 2.46. The lowest BCUT2D eigenvalue weighted by Gasteiger charge is -2.06. The van der Waals surface area contributed by atoms with Crippen molar-refractivity contribution in [3.8, 4) is 5.75 Å². The van der Waals surface area contributed by atoms with Crippen LogP contribution >= 0.6 is 0 Å². The van der Waals surface area contributed by atoms with Crippen molar-refractivity contribution in [2.45, 2.75) is 0 Å². The summed E-state index contributed by atoms with van der Waals surface area (Å²) in [5.41, 5.74) is 6.60. The predicted octanol–water partition coefficient (Wildman–Crippen LogP) is 1.73. The number of nitrogens with two attached hydrogens (primary N) is 1. The van der Waals surface area contributed by atoms with Crippen molar-refractivity contribution in [1.82, 2.24) is 0 Å². The Morgan fingerprint density at radius 1 is 1.21 bits per heavy atom. The second-order valence-electron chi connectivity index (χ2n) is 3.90. The third-order valence-corrected chi connectivity index (χ3v) is 2.46. The molecule has 0 heterocycles. The van der Waals surface area contributed by atoms with E-state index in [1.165, 1.54) is 12.1 Å². The molecule has 0 unspecified atom stereocenters. The highest BCUT2D eigenvalue weighted by Gasteiger charge is 2.08. The summed E-state index contributed by atoms with van der Waals surface area (Å²) in [6.07, 6.45) is 0. The van der Waals surface area contributed by atoms with Crippen molar-refractivity contribution >= 4 is 17.4 Å². The van der Waals surface area contributed by atoms with E-state index in [0.29, 0.717) is 16.8 Å². The predicted molar refractivity (Wildman–Crippen MR) is 72.4 cm³/mol. The second-order valence-corrected chi connectivity index (χ2v) is 3.90. The molecule has 0 bridgehead atoms. The molecule has 1 radical (unpaired) electrons. The van der Waals surface area contributed by atoms with Gasteiger partial charge in [0.2, 0.25) is 0 Å². The molecule has 0 saturated heterocycles. The maximum absolute atomic E-state index is 12.0. The van der Waals surface area contributed by atoms with E-state index in [0.717, 1.165) is 0 Å². The molecule has 0 spiro atoms. The number of aromatic hydroxyl groups is 1.